The first-order chi connectivity index (χ1) is 12.6. The molecule has 0 aromatic carbocycles. The minimum absolute atomic E-state index is 0.0583. The Morgan fingerprint density at radius 2 is 2.27 bits per heavy atom. The van der Waals surface area contributed by atoms with E-state index < -0.39 is 0 Å². The fraction of sp³-hybridized carbons (Fsp3) is 0.526. The molecule has 2 atom stereocenters. The molecular formula is C19H26N4O2S. The van der Waals surface area contributed by atoms with Crippen molar-refractivity contribution in [3.05, 3.63) is 30.7 Å². The molecule has 1 aliphatic carbocycles. The van der Waals surface area contributed by atoms with Crippen LogP contribution in [0.25, 0.3) is 11.4 Å². The number of rotatable bonds is 7. The summed E-state index contributed by atoms with van der Waals surface area (Å²) in [5, 5.41) is 12.5. The number of nitrogens with one attached hydrogen (secondary N) is 1. The lowest BCUT2D eigenvalue weighted by atomic mass is 9.86. The van der Waals surface area contributed by atoms with Gasteiger partial charge >= 0.3 is 0 Å². The first kappa shape index (κ1) is 18.8. The van der Waals surface area contributed by atoms with Crippen molar-refractivity contribution in [2.75, 3.05) is 5.75 Å². The molecule has 2 aromatic heterocycles. The zero-order valence-corrected chi connectivity index (χ0v) is 16.2. The Balaban J connectivity index is 1.66. The Kier molecular flexibility index (Phi) is 6.19. The van der Waals surface area contributed by atoms with E-state index in [0.717, 1.165) is 23.6 Å². The van der Waals surface area contributed by atoms with Gasteiger partial charge in [0.05, 0.1) is 17.6 Å². The second-order valence-corrected chi connectivity index (χ2v) is 7.76. The van der Waals surface area contributed by atoms with Crippen molar-refractivity contribution in [1.82, 2.24) is 20.1 Å². The molecule has 140 valence electrons. The quantitative estimate of drug-likeness (QED) is 0.589. The van der Waals surface area contributed by atoms with Gasteiger partial charge in [-0.05, 0) is 31.7 Å². The maximum absolute atomic E-state index is 12.4. The molecule has 1 N–H and O–H groups in total. The van der Waals surface area contributed by atoms with E-state index in [1.54, 1.807) is 12.3 Å². The van der Waals surface area contributed by atoms with Crippen LogP contribution in [0.1, 0.15) is 38.4 Å². The number of hydrogen-bond acceptors (Lipinski definition) is 5. The number of aromatic nitrogens is 3. The first-order valence-corrected chi connectivity index (χ1v) is 10.1. The van der Waals surface area contributed by atoms with Crippen LogP contribution >= 0.6 is 11.8 Å². The number of aryl methyl sites for hydroxylation is 1. The van der Waals surface area contributed by atoms with Crippen LogP contribution in [0.3, 0.4) is 0 Å². The Labute approximate surface area is 158 Å². The van der Waals surface area contributed by atoms with Crippen molar-refractivity contribution in [1.29, 1.82) is 0 Å². The predicted molar refractivity (Wildman–Crippen MR) is 103 cm³/mol. The number of carbonyl (C=O) groups excluding carboxylic acids is 1. The molecule has 7 heteroatoms. The minimum Gasteiger partial charge on any atom is -0.469 e. The second kappa shape index (κ2) is 8.58. The molecule has 0 saturated heterocycles. The topological polar surface area (TPSA) is 73.0 Å². The normalized spacial score (nSPS) is 20.1. The number of hydrogen-bond donors (Lipinski definition) is 1. The Bertz CT molecular complexity index is 767. The number of nitrogens with zero attached hydrogens (tertiary/aromatic N) is 3. The fourth-order valence-electron chi connectivity index (χ4n) is 3.41. The zero-order valence-electron chi connectivity index (χ0n) is 15.4. The van der Waals surface area contributed by atoms with Gasteiger partial charge in [0.25, 0.3) is 0 Å². The van der Waals surface area contributed by atoms with E-state index in [-0.39, 0.29) is 5.91 Å². The number of thioether (sulfide) groups is 1. The van der Waals surface area contributed by atoms with Crippen molar-refractivity contribution in [3.8, 4) is 11.4 Å². The molecule has 1 saturated carbocycles. The molecule has 0 unspecified atom stereocenters. The van der Waals surface area contributed by atoms with E-state index in [1.807, 2.05) is 17.6 Å². The maximum Gasteiger partial charge on any atom is 0.230 e. The highest BCUT2D eigenvalue weighted by molar-refractivity contribution is 7.99. The molecule has 1 aliphatic rings. The van der Waals surface area contributed by atoms with Gasteiger partial charge in [0.15, 0.2) is 11.0 Å². The van der Waals surface area contributed by atoms with Crippen LogP contribution < -0.4 is 5.32 Å². The minimum atomic E-state index is 0.0583. The summed E-state index contributed by atoms with van der Waals surface area (Å²) in [6.45, 7) is 8.51. The van der Waals surface area contributed by atoms with Crippen molar-refractivity contribution >= 4 is 17.7 Å². The molecule has 1 fully saturated rings. The second-order valence-electron chi connectivity index (χ2n) is 6.82. The summed E-state index contributed by atoms with van der Waals surface area (Å²) in [5.41, 5.74) is 0.909. The smallest absolute Gasteiger partial charge is 0.230 e. The molecule has 1 amide bonds. The van der Waals surface area contributed by atoms with Gasteiger partial charge in [0, 0.05) is 12.6 Å². The van der Waals surface area contributed by atoms with Crippen LogP contribution in [0.4, 0.5) is 0 Å². The molecular weight excluding hydrogens is 348 g/mol. The summed E-state index contributed by atoms with van der Waals surface area (Å²) in [6.07, 6.45) is 8.18. The molecule has 2 aromatic rings. The molecule has 0 radical (unpaired) electrons. The van der Waals surface area contributed by atoms with Crippen LogP contribution in [-0.4, -0.2) is 32.5 Å². The van der Waals surface area contributed by atoms with Crippen molar-refractivity contribution < 1.29 is 9.21 Å². The molecule has 0 bridgehead atoms. The average molecular weight is 375 g/mol. The predicted octanol–water partition coefficient (Wildman–Crippen LogP) is 3.82. The molecule has 2 heterocycles. The molecule has 0 aliphatic heterocycles. The van der Waals surface area contributed by atoms with E-state index in [0.29, 0.717) is 29.4 Å². The highest BCUT2D eigenvalue weighted by Gasteiger charge is 2.23. The van der Waals surface area contributed by atoms with Gasteiger partial charge in [-0.25, -0.2) is 0 Å². The van der Waals surface area contributed by atoms with E-state index in [4.69, 9.17) is 4.42 Å². The van der Waals surface area contributed by atoms with Crippen LogP contribution in [0, 0.1) is 12.8 Å². The number of furan rings is 1. The molecule has 26 heavy (non-hydrogen) atoms. The van der Waals surface area contributed by atoms with Crippen molar-refractivity contribution in [2.45, 2.75) is 57.3 Å². The molecule has 6 nitrogen and oxygen atoms in total. The van der Waals surface area contributed by atoms with Gasteiger partial charge < -0.3 is 9.73 Å². The lowest BCUT2D eigenvalue weighted by Gasteiger charge is -2.29. The van der Waals surface area contributed by atoms with Gasteiger partial charge in [-0.15, -0.1) is 16.8 Å². The Hall–Kier alpha value is -2.02. The number of amides is 1. The van der Waals surface area contributed by atoms with Gasteiger partial charge in [0.2, 0.25) is 5.91 Å². The summed E-state index contributed by atoms with van der Waals surface area (Å²) in [4.78, 5) is 12.4. The largest absolute Gasteiger partial charge is 0.469 e. The summed E-state index contributed by atoms with van der Waals surface area (Å²) in [5.74, 6) is 2.48. The lowest BCUT2D eigenvalue weighted by Crippen LogP contribution is -2.41. The van der Waals surface area contributed by atoms with Gasteiger partial charge in [-0.1, -0.05) is 37.6 Å². The van der Waals surface area contributed by atoms with E-state index in [9.17, 15) is 4.79 Å². The summed E-state index contributed by atoms with van der Waals surface area (Å²) in [7, 11) is 0. The van der Waals surface area contributed by atoms with E-state index >= 15 is 0 Å². The third-order valence-electron chi connectivity index (χ3n) is 4.92. The van der Waals surface area contributed by atoms with E-state index in [1.165, 1.54) is 31.0 Å². The summed E-state index contributed by atoms with van der Waals surface area (Å²) < 4.78 is 7.34. The highest BCUT2D eigenvalue weighted by Crippen LogP contribution is 2.27. The van der Waals surface area contributed by atoms with Crippen LogP contribution in [0.15, 0.2) is 34.6 Å². The first-order valence-electron chi connectivity index (χ1n) is 9.11. The van der Waals surface area contributed by atoms with Gasteiger partial charge in [0.1, 0.15) is 5.76 Å². The third kappa shape index (κ3) is 4.20. The van der Waals surface area contributed by atoms with Gasteiger partial charge in [-0.3, -0.25) is 9.36 Å². The Morgan fingerprint density at radius 3 is 2.96 bits per heavy atom. The monoisotopic (exact) mass is 374 g/mol. The van der Waals surface area contributed by atoms with Crippen molar-refractivity contribution in [2.24, 2.45) is 5.92 Å². The van der Waals surface area contributed by atoms with Crippen molar-refractivity contribution in [3.63, 3.8) is 0 Å². The average Bonchev–Trinajstić information content (AvgIpc) is 3.21. The zero-order chi connectivity index (χ0) is 18.5. The van der Waals surface area contributed by atoms with Gasteiger partial charge in [-0.2, -0.15) is 0 Å². The van der Waals surface area contributed by atoms with Crippen LogP contribution in [0.2, 0.25) is 0 Å². The number of carbonyl (C=O) groups is 1. The third-order valence-corrected chi connectivity index (χ3v) is 5.89. The Morgan fingerprint density at radius 1 is 1.46 bits per heavy atom. The summed E-state index contributed by atoms with van der Waals surface area (Å²) in [6, 6.07) is 2.18. The maximum atomic E-state index is 12.4. The number of allylic oxidation sites excluding steroid dienone is 1. The van der Waals surface area contributed by atoms with E-state index in [2.05, 4.69) is 29.0 Å². The van der Waals surface area contributed by atoms with Crippen LogP contribution in [0.5, 0.6) is 0 Å². The van der Waals surface area contributed by atoms with Crippen LogP contribution in [-0.2, 0) is 11.3 Å². The SMILES string of the molecule is C=CCn1c(SCC(=O)N[C@H]2CCCC[C@H]2C)nnc1-c1ccoc1C. The fourth-order valence-corrected chi connectivity index (χ4v) is 4.17. The standard InChI is InChI=1S/C19H26N4O2S/c1-4-10-23-18(15-9-11-25-14(15)3)21-22-19(23)26-12-17(24)20-16-8-6-5-7-13(16)2/h4,9,11,13,16H,1,5-8,10,12H2,2-3H3,(H,20,24)/t13-,16+/m1/s1. The highest BCUT2D eigenvalue weighted by atomic mass is 32.2. The molecule has 3 rings (SSSR count). The summed E-state index contributed by atoms with van der Waals surface area (Å²) >= 11 is 1.41. The molecule has 0 spiro atoms. The lowest BCUT2D eigenvalue weighted by molar-refractivity contribution is -0.119.